The van der Waals surface area contributed by atoms with Gasteiger partial charge in [0.15, 0.2) is 5.69 Å². The molecule has 2 heterocycles. The third-order valence-electron chi connectivity index (χ3n) is 12.9. The molecule has 0 aliphatic heterocycles. The molecule has 3 nitrogen and oxygen atoms in total. The summed E-state index contributed by atoms with van der Waals surface area (Å²) in [7, 11) is 0. The van der Waals surface area contributed by atoms with Crippen LogP contribution in [0.1, 0.15) is 22.3 Å². The van der Waals surface area contributed by atoms with Crippen molar-refractivity contribution >= 4 is 49.3 Å². The van der Waals surface area contributed by atoms with E-state index in [9.17, 15) is 0 Å². The van der Waals surface area contributed by atoms with Crippen LogP contribution in [-0.2, 0) is 6.18 Å². The van der Waals surface area contributed by atoms with E-state index in [0.717, 1.165) is 71.9 Å². The van der Waals surface area contributed by atoms with E-state index in [1.54, 1.807) is 25.1 Å². The molecule has 0 spiro atoms. The Morgan fingerprint density at radius 2 is 0.877 bits per heavy atom. The normalized spacial score (nSPS) is 11.8. The van der Waals surface area contributed by atoms with Crippen molar-refractivity contribution in [3.8, 4) is 55.9 Å². The molecule has 0 unspecified atom stereocenters. The van der Waals surface area contributed by atoms with Gasteiger partial charge in [0, 0.05) is 38.4 Å². The molecular formula is C59H40F3N3. The van der Waals surface area contributed by atoms with Crippen molar-refractivity contribution in [2.75, 3.05) is 0 Å². The van der Waals surface area contributed by atoms with Gasteiger partial charge in [0.25, 0.3) is 0 Å². The summed E-state index contributed by atoms with van der Waals surface area (Å²) in [5, 5.41) is 4.06. The Hall–Kier alpha value is -8.14. The van der Waals surface area contributed by atoms with E-state index < -0.39 is 11.7 Å². The fourth-order valence-corrected chi connectivity index (χ4v) is 9.84. The number of aromatic nitrogens is 2. The van der Waals surface area contributed by atoms with Gasteiger partial charge in [0.2, 0.25) is 0 Å². The first-order valence-electron chi connectivity index (χ1n) is 21.6. The minimum Gasteiger partial charge on any atom is -0.310 e. The molecule has 9 aromatic carbocycles. The van der Waals surface area contributed by atoms with Crippen LogP contribution in [0.15, 0.2) is 188 Å². The van der Waals surface area contributed by atoms with E-state index in [1.807, 2.05) is 48.5 Å². The van der Waals surface area contributed by atoms with E-state index in [-0.39, 0.29) is 5.56 Å². The summed E-state index contributed by atoms with van der Waals surface area (Å²) in [4.78, 5) is 4.17. The second kappa shape index (κ2) is 15.3. The Balaban J connectivity index is 1.27. The van der Waals surface area contributed by atoms with Crippen molar-refractivity contribution in [2.45, 2.75) is 26.9 Å². The van der Waals surface area contributed by atoms with Crippen molar-refractivity contribution in [3.05, 3.63) is 222 Å². The highest BCUT2D eigenvalue weighted by atomic mass is 19.4. The van der Waals surface area contributed by atoms with Crippen LogP contribution in [0.3, 0.4) is 0 Å². The fraction of sp³-hybridized carbons (Fsp3) is 0.0678. The van der Waals surface area contributed by atoms with E-state index in [2.05, 4.69) is 137 Å². The van der Waals surface area contributed by atoms with Gasteiger partial charge in [-0.25, -0.2) is 4.85 Å². The molecule has 11 aromatic rings. The van der Waals surface area contributed by atoms with Crippen LogP contribution in [0.5, 0.6) is 0 Å². The Morgan fingerprint density at radius 3 is 1.40 bits per heavy atom. The molecule has 0 fully saturated rings. The van der Waals surface area contributed by atoms with Gasteiger partial charge in [-0.2, -0.15) is 13.2 Å². The number of benzene rings is 9. The number of nitrogens with zero attached hydrogens (tertiary/aromatic N) is 3. The predicted molar refractivity (Wildman–Crippen MR) is 262 cm³/mol. The van der Waals surface area contributed by atoms with E-state index in [0.29, 0.717) is 39.3 Å². The Morgan fingerprint density at radius 1 is 0.415 bits per heavy atom. The Kier molecular flexibility index (Phi) is 9.34. The SMILES string of the molecule is [C-]#[N+]c1cccc(-n2c3ccccc3c3cc(-c4ccc(C)cc4)ccc32)c1-c1c(-c2c(C)cccc2C(F)(F)F)cccc1-n1c2ccccc2c2cc(-c3ccc(C)cc3)ccc21. The summed E-state index contributed by atoms with van der Waals surface area (Å²) in [5.41, 5.74) is 13.2. The molecule has 312 valence electrons. The van der Waals surface area contributed by atoms with Gasteiger partial charge in [-0.15, -0.1) is 0 Å². The summed E-state index contributed by atoms with van der Waals surface area (Å²) in [5.74, 6) is 0. The summed E-state index contributed by atoms with van der Waals surface area (Å²) in [6.45, 7) is 14.6. The topological polar surface area (TPSA) is 14.2 Å². The molecule has 0 amide bonds. The molecule has 0 radical (unpaired) electrons. The molecule has 0 saturated heterocycles. The van der Waals surface area contributed by atoms with Crippen LogP contribution < -0.4 is 0 Å². The van der Waals surface area contributed by atoms with Crippen molar-refractivity contribution < 1.29 is 13.2 Å². The molecule has 0 bridgehead atoms. The van der Waals surface area contributed by atoms with Crippen LogP contribution in [0.2, 0.25) is 0 Å². The van der Waals surface area contributed by atoms with Crippen LogP contribution in [0, 0.1) is 27.3 Å². The molecule has 6 heteroatoms. The second-order valence-corrected chi connectivity index (χ2v) is 16.9. The Bertz CT molecular complexity index is 3730. The number of aryl methyl sites for hydroxylation is 3. The molecule has 0 aliphatic rings. The lowest BCUT2D eigenvalue weighted by Crippen LogP contribution is -2.10. The third-order valence-corrected chi connectivity index (χ3v) is 12.9. The van der Waals surface area contributed by atoms with E-state index in [4.69, 9.17) is 6.57 Å². The lowest BCUT2D eigenvalue weighted by atomic mass is 9.86. The quantitative estimate of drug-likeness (QED) is 0.148. The summed E-state index contributed by atoms with van der Waals surface area (Å²) in [6.07, 6.45) is -4.65. The average Bonchev–Trinajstić information content (AvgIpc) is 3.83. The number of hydrogen-bond acceptors (Lipinski definition) is 0. The molecule has 11 rings (SSSR count). The molecule has 0 N–H and O–H groups in total. The zero-order chi connectivity index (χ0) is 44.6. The minimum atomic E-state index is -4.65. The first-order valence-corrected chi connectivity index (χ1v) is 21.6. The highest BCUT2D eigenvalue weighted by Crippen LogP contribution is 2.51. The Labute approximate surface area is 374 Å². The van der Waals surface area contributed by atoms with Crippen LogP contribution in [0.25, 0.3) is 104 Å². The molecule has 0 aliphatic carbocycles. The number of halogens is 3. The van der Waals surface area contributed by atoms with Gasteiger partial charge in [-0.3, -0.25) is 0 Å². The maximum absolute atomic E-state index is 15.4. The highest BCUT2D eigenvalue weighted by molar-refractivity contribution is 6.14. The second-order valence-electron chi connectivity index (χ2n) is 16.9. The average molecular weight is 848 g/mol. The van der Waals surface area contributed by atoms with Gasteiger partial charge in [-0.05, 0) is 114 Å². The summed E-state index contributed by atoms with van der Waals surface area (Å²) >= 11 is 0. The monoisotopic (exact) mass is 847 g/mol. The van der Waals surface area contributed by atoms with E-state index >= 15 is 13.2 Å². The fourth-order valence-electron chi connectivity index (χ4n) is 9.84. The minimum absolute atomic E-state index is 0.0787. The molecule has 0 saturated carbocycles. The zero-order valence-electron chi connectivity index (χ0n) is 35.9. The van der Waals surface area contributed by atoms with Gasteiger partial charge in [-0.1, -0.05) is 145 Å². The zero-order valence-corrected chi connectivity index (χ0v) is 35.9. The number of fused-ring (bicyclic) bond motifs is 6. The largest absolute Gasteiger partial charge is 0.417 e. The molecule has 65 heavy (non-hydrogen) atoms. The van der Waals surface area contributed by atoms with Crippen LogP contribution >= 0.6 is 0 Å². The smallest absolute Gasteiger partial charge is 0.310 e. The van der Waals surface area contributed by atoms with Gasteiger partial charge in [0.05, 0.1) is 39.9 Å². The molecular weight excluding hydrogens is 808 g/mol. The van der Waals surface area contributed by atoms with Crippen LogP contribution in [0.4, 0.5) is 18.9 Å². The van der Waals surface area contributed by atoms with Crippen molar-refractivity contribution in [3.63, 3.8) is 0 Å². The number of alkyl halides is 3. The van der Waals surface area contributed by atoms with Crippen molar-refractivity contribution in [2.24, 2.45) is 0 Å². The number of hydrogen-bond donors (Lipinski definition) is 0. The number of rotatable bonds is 6. The van der Waals surface area contributed by atoms with Crippen molar-refractivity contribution in [1.29, 1.82) is 0 Å². The first-order chi connectivity index (χ1) is 31.6. The third kappa shape index (κ3) is 6.50. The maximum Gasteiger partial charge on any atom is 0.417 e. The van der Waals surface area contributed by atoms with Gasteiger partial charge in [0.1, 0.15) is 0 Å². The maximum atomic E-state index is 15.4. The van der Waals surface area contributed by atoms with Crippen LogP contribution in [-0.4, -0.2) is 9.13 Å². The standard InChI is InChI=1S/C59H40F3N3/c1-36-22-26-39(27-23-36)41-30-32-52-46(34-41)43-13-5-7-18-50(43)64(52)54-20-10-15-45(56-38(3)12-9-16-48(56)59(60,61)62)57(54)58-49(63-4)17-11-21-55(58)65-51-19-8-6-14-44(51)47-35-42(31-33-53(47)65)40-28-24-37(2)25-29-40/h5-35H,1-3H3. The molecule has 2 aromatic heterocycles. The summed E-state index contributed by atoms with van der Waals surface area (Å²) in [6, 6.07) is 61.8. The van der Waals surface area contributed by atoms with Gasteiger partial charge < -0.3 is 9.13 Å². The summed E-state index contributed by atoms with van der Waals surface area (Å²) < 4.78 is 50.4. The predicted octanol–water partition coefficient (Wildman–Crippen LogP) is 17.0. The van der Waals surface area contributed by atoms with Crippen molar-refractivity contribution in [1.82, 2.24) is 9.13 Å². The van der Waals surface area contributed by atoms with E-state index in [1.165, 1.54) is 17.2 Å². The number of para-hydroxylation sites is 2. The molecule has 0 atom stereocenters. The lowest BCUT2D eigenvalue weighted by molar-refractivity contribution is -0.137. The highest BCUT2D eigenvalue weighted by Gasteiger charge is 2.36. The van der Waals surface area contributed by atoms with Gasteiger partial charge >= 0.3 is 6.18 Å². The first kappa shape index (κ1) is 39.7. The lowest BCUT2D eigenvalue weighted by Gasteiger charge is -2.25.